The quantitative estimate of drug-likeness (QED) is 0.186. The second kappa shape index (κ2) is 14.9. The molecule has 0 aromatic carbocycles. The van der Waals surface area contributed by atoms with Gasteiger partial charge in [-0.1, -0.05) is 17.7 Å². The van der Waals surface area contributed by atoms with Crippen molar-refractivity contribution in [2.75, 3.05) is 40.0 Å². The lowest BCUT2D eigenvalue weighted by Gasteiger charge is -2.11. The van der Waals surface area contributed by atoms with E-state index < -0.39 is 0 Å². The van der Waals surface area contributed by atoms with Gasteiger partial charge in [0.1, 0.15) is 5.15 Å². The highest BCUT2D eigenvalue weighted by molar-refractivity contribution is 14.0. The van der Waals surface area contributed by atoms with E-state index in [1.165, 1.54) is 0 Å². The largest absolute Gasteiger partial charge is 0.382 e. The Bertz CT molecular complexity index is 432. The fraction of sp³-hybridized carbons (Fsp3) is 0.600. The van der Waals surface area contributed by atoms with Crippen LogP contribution in [0.25, 0.3) is 0 Å². The van der Waals surface area contributed by atoms with E-state index in [4.69, 9.17) is 21.1 Å². The van der Waals surface area contributed by atoms with Crippen LogP contribution < -0.4 is 10.6 Å². The van der Waals surface area contributed by atoms with E-state index in [9.17, 15) is 0 Å². The summed E-state index contributed by atoms with van der Waals surface area (Å²) in [6, 6.07) is 3.69. The number of rotatable bonds is 10. The van der Waals surface area contributed by atoms with Crippen LogP contribution in [0.3, 0.4) is 0 Å². The minimum atomic E-state index is 0. The minimum Gasteiger partial charge on any atom is -0.382 e. The first-order chi connectivity index (χ1) is 10.8. The monoisotopic (exact) mass is 456 g/mol. The molecule has 1 aromatic rings. The van der Waals surface area contributed by atoms with E-state index in [0.717, 1.165) is 31.0 Å². The summed E-state index contributed by atoms with van der Waals surface area (Å²) in [6.07, 6.45) is 2.65. The van der Waals surface area contributed by atoms with Gasteiger partial charge in [-0.05, 0) is 25.0 Å². The molecule has 0 atom stereocenters. The first-order valence-electron chi connectivity index (χ1n) is 7.45. The molecule has 1 aromatic heterocycles. The lowest BCUT2D eigenvalue weighted by Crippen LogP contribution is -2.38. The van der Waals surface area contributed by atoms with Gasteiger partial charge >= 0.3 is 0 Å². The highest BCUT2D eigenvalue weighted by Gasteiger charge is 1.98. The maximum atomic E-state index is 5.76. The van der Waals surface area contributed by atoms with Crippen molar-refractivity contribution in [2.24, 2.45) is 4.99 Å². The van der Waals surface area contributed by atoms with E-state index in [1.54, 1.807) is 19.4 Å². The van der Waals surface area contributed by atoms with E-state index in [1.807, 2.05) is 13.0 Å². The van der Waals surface area contributed by atoms with Gasteiger partial charge in [-0.15, -0.1) is 24.0 Å². The molecule has 23 heavy (non-hydrogen) atoms. The Morgan fingerprint density at radius 3 is 2.74 bits per heavy atom. The van der Waals surface area contributed by atoms with Crippen LogP contribution in [0.2, 0.25) is 5.15 Å². The summed E-state index contributed by atoms with van der Waals surface area (Å²) in [4.78, 5) is 8.55. The molecule has 132 valence electrons. The van der Waals surface area contributed by atoms with Crippen molar-refractivity contribution in [1.82, 2.24) is 15.6 Å². The molecule has 6 nitrogen and oxygen atoms in total. The molecule has 0 amide bonds. The number of pyridine rings is 1. The average Bonchev–Trinajstić information content (AvgIpc) is 2.53. The second-order valence-corrected chi connectivity index (χ2v) is 4.96. The third kappa shape index (κ3) is 11.5. The van der Waals surface area contributed by atoms with Gasteiger partial charge in [-0.3, -0.25) is 0 Å². The van der Waals surface area contributed by atoms with E-state index in [0.29, 0.717) is 31.5 Å². The summed E-state index contributed by atoms with van der Waals surface area (Å²) in [6.45, 7) is 6.18. The van der Waals surface area contributed by atoms with Gasteiger partial charge < -0.3 is 20.1 Å². The Balaban J connectivity index is 0.00000484. The van der Waals surface area contributed by atoms with Gasteiger partial charge in [-0.25, -0.2) is 9.98 Å². The lowest BCUT2D eigenvalue weighted by atomic mass is 10.3. The SMILES string of the molecule is CCNC(=NCc1ccc(Cl)nc1)NCCCOCCOC.I. The van der Waals surface area contributed by atoms with Gasteiger partial charge in [-0.2, -0.15) is 0 Å². The number of hydrogen-bond donors (Lipinski definition) is 2. The summed E-state index contributed by atoms with van der Waals surface area (Å²) in [5.74, 6) is 0.786. The molecule has 1 heterocycles. The van der Waals surface area contributed by atoms with Gasteiger partial charge in [0.15, 0.2) is 5.96 Å². The van der Waals surface area contributed by atoms with Crippen LogP contribution >= 0.6 is 35.6 Å². The standard InChI is InChI=1S/C15H25ClN4O2.HI/c1-3-17-15(18-7-4-8-22-10-9-21-2)20-12-13-5-6-14(16)19-11-13;/h5-6,11H,3-4,7-10,12H2,1-2H3,(H2,17,18,20);1H. The molecule has 0 fully saturated rings. The maximum Gasteiger partial charge on any atom is 0.191 e. The minimum absolute atomic E-state index is 0. The van der Waals surface area contributed by atoms with E-state index in [2.05, 4.69) is 20.6 Å². The van der Waals surface area contributed by atoms with Crippen LogP contribution in [-0.4, -0.2) is 51.0 Å². The van der Waals surface area contributed by atoms with Crippen molar-refractivity contribution in [1.29, 1.82) is 0 Å². The highest BCUT2D eigenvalue weighted by Crippen LogP contribution is 2.05. The van der Waals surface area contributed by atoms with Gasteiger partial charge in [0.25, 0.3) is 0 Å². The molecule has 8 heteroatoms. The van der Waals surface area contributed by atoms with Crippen molar-refractivity contribution in [3.63, 3.8) is 0 Å². The number of aromatic nitrogens is 1. The average molecular weight is 457 g/mol. The van der Waals surface area contributed by atoms with Gasteiger partial charge in [0.05, 0.1) is 19.8 Å². The van der Waals surface area contributed by atoms with Crippen molar-refractivity contribution in [2.45, 2.75) is 19.9 Å². The zero-order valence-corrected chi connectivity index (χ0v) is 16.8. The normalized spacial score (nSPS) is 11.0. The number of methoxy groups -OCH3 is 1. The molecular formula is C15H26ClIN4O2. The third-order valence-corrected chi connectivity index (χ3v) is 2.97. The summed E-state index contributed by atoms with van der Waals surface area (Å²) in [5.41, 5.74) is 1.02. The Morgan fingerprint density at radius 2 is 2.09 bits per heavy atom. The van der Waals surface area contributed by atoms with Gasteiger partial charge in [0.2, 0.25) is 0 Å². The first-order valence-corrected chi connectivity index (χ1v) is 7.83. The topological polar surface area (TPSA) is 67.8 Å². The van der Waals surface area contributed by atoms with Crippen LogP contribution in [0.4, 0.5) is 0 Å². The fourth-order valence-electron chi connectivity index (χ4n) is 1.64. The molecule has 0 spiro atoms. The molecule has 0 aliphatic heterocycles. The molecule has 0 aliphatic carbocycles. The predicted octanol–water partition coefficient (Wildman–Crippen LogP) is 2.46. The first kappa shape index (κ1) is 22.4. The number of guanidine groups is 1. The molecular weight excluding hydrogens is 431 g/mol. The number of ether oxygens (including phenoxy) is 2. The van der Waals surface area contributed by atoms with Crippen molar-refractivity contribution in [3.8, 4) is 0 Å². The number of nitrogens with zero attached hydrogens (tertiary/aromatic N) is 2. The van der Waals surface area contributed by atoms with Crippen LogP contribution in [-0.2, 0) is 16.0 Å². The molecule has 0 unspecified atom stereocenters. The van der Waals surface area contributed by atoms with E-state index >= 15 is 0 Å². The van der Waals surface area contributed by atoms with Crippen molar-refractivity contribution >= 4 is 41.5 Å². The molecule has 0 saturated carbocycles. The van der Waals surface area contributed by atoms with Crippen LogP contribution in [0.1, 0.15) is 18.9 Å². The highest BCUT2D eigenvalue weighted by atomic mass is 127. The summed E-state index contributed by atoms with van der Waals surface area (Å²) in [5, 5.41) is 6.97. The fourth-order valence-corrected chi connectivity index (χ4v) is 1.75. The zero-order valence-electron chi connectivity index (χ0n) is 13.7. The zero-order chi connectivity index (χ0) is 16.0. The number of aliphatic imine (C=N–C) groups is 1. The summed E-state index contributed by atoms with van der Waals surface area (Å²) < 4.78 is 10.3. The third-order valence-electron chi connectivity index (χ3n) is 2.74. The van der Waals surface area contributed by atoms with Crippen molar-refractivity contribution in [3.05, 3.63) is 29.0 Å². The van der Waals surface area contributed by atoms with Crippen LogP contribution in [0.5, 0.6) is 0 Å². The number of hydrogen-bond acceptors (Lipinski definition) is 4. The predicted molar refractivity (Wildman–Crippen MR) is 105 cm³/mol. The molecule has 0 bridgehead atoms. The Morgan fingerprint density at radius 1 is 1.26 bits per heavy atom. The second-order valence-electron chi connectivity index (χ2n) is 4.57. The van der Waals surface area contributed by atoms with Crippen LogP contribution in [0, 0.1) is 0 Å². The molecule has 2 N–H and O–H groups in total. The summed E-state index contributed by atoms with van der Waals surface area (Å²) in [7, 11) is 1.67. The number of halogens is 2. The molecule has 0 radical (unpaired) electrons. The van der Waals surface area contributed by atoms with Gasteiger partial charge in [0, 0.05) is 33.0 Å². The Labute approximate surface area is 160 Å². The molecule has 0 aliphatic rings. The summed E-state index contributed by atoms with van der Waals surface area (Å²) >= 11 is 5.76. The Kier molecular flexibility index (Phi) is 14.5. The lowest BCUT2D eigenvalue weighted by molar-refractivity contribution is 0.0698. The van der Waals surface area contributed by atoms with Crippen LogP contribution in [0.15, 0.2) is 23.3 Å². The molecule has 0 saturated heterocycles. The Hall–Kier alpha value is -0.640. The maximum absolute atomic E-state index is 5.76. The number of nitrogens with one attached hydrogen (secondary N) is 2. The molecule has 1 rings (SSSR count). The smallest absolute Gasteiger partial charge is 0.191 e. The van der Waals surface area contributed by atoms with E-state index in [-0.39, 0.29) is 24.0 Å². The van der Waals surface area contributed by atoms with Crippen molar-refractivity contribution < 1.29 is 9.47 Å².